The Kier molecular flexibility index (Phi) is 2.42. The van der Waals surface area contributed by atoms with Crippen LogP contribution in [0.1, 0.15) is 11.1 Å². The van der Waals surface area contributed by atoms with E-state index in [1.165, 1.54) is 0 Å². The van der Waals surface area contributed by atoms with Crippen molar-refractivity contribution in [2.45, 2.75) is 13.8 Å². The van der Waals surface area contributed by atoms with Crippen LogP contribution in [0.4, 0.5) is 0 Å². The summed E-state index contributed by atoms with van der Waals surface area (Å²) in [7, 11) is 0. The Hall–Kier alpha value is -1.83. The van der Waals surface area contributed by atoms with Crippen LogP contribution in [-0.2, 0) is 0 Å². The van der Waals surface area contributed by atoms with Crippen molar-refractivity contribution in [2.75, 3.05) is 0 Å². The van der Waals surface area contributed by atoms with Gasteiger partial charge in [-0.05, 0) is 37.6 Å². The molecular weight excluding hydrogens is 186 g/mol. The number of phenols is 1. The molecule has 1 heterocycles. The van der Waals surface area contributed by atoms with E-state index in [0.717, 1.165) is 22.3 Å². The van der Waals surface area contributed by atoms with Gasteiger partial charge in [0.15, 0.2) is 0 Å². The number of aromatic hydroxyl groups is 1. The average molecular weight is 199 g/mol. The molecule has 0 saturated heterocycles. The molecule has 76 valence electrons. The summed E-state index contributed by atoms with van der Waals surface area (Å²) in [4.78, 5) is 4.12. The summed E-state index contributed by atoms with van der Waals surface area (Å²) in [5.41, 5.74) is 4.01. The Labute approximate surface area is 89.2 Å². The maximum absolute atomic E-state index is 9.75. The first-order valence-electron chi connectivity index (χ1n) is 4.88. The molecule has 0 aliphatic heterocycles. The highest BCUT2D eigenvalue weighted by molar-refractivity contribution is 5.70. The van der Waals surface area contributed by atoms with Gasteiger partial charge in [-0.2, -0.15) is 0 Å². The number of aryl methyl sites for hydroxylation is 2. The van der Waals surface area contributed by atoms with E-state index < -0.39 is 0 Å². The molecule has 0 spiro atoms. The zero-order chi connectivity index (χ0) is 10.8. The Balaban J connectivity index is 2.58. The first-order chi connectivity index (χ1) is 7.16. The topological polar surface area (TPSA) is 33.1 Å². The van der Waals surface area contributed by atoms with Gasteiger partial charge in [0.25, 0.3) is 0 Å². The van der Waals surface area contributed by atoms with E-state index in [9.17, 15) is 5.11 Å². The van der Waals surface area contributed by atoms with Gasteiger partial charge in [0.1, 0.15) is 5.75 Å². The van der Waals surface area contributed by atoms with Crippen LogP contribution in [0.5, 0.6) is 5.75 Å². The molecule has 2 aromatic rings. The second-order valence-corrected chi connectivity index (χ2v) is 3.77. The van der Waals surface area contributed by atoms with Crippen molar-refractivity contribution >= 4 is 0 Å². The highest BCUT2D eigenvalue weighted by Crippen LogP contribution is 2.29. The van der Waals surface area contributed by atoms with Crippen molar-refractivity contribution in [1.29, 1.82) is 0 Å². The minimum atomic E-state index is 0.299. The number of pyridine rings is 1. The van der Waals surface area contributed by atoms with Crippen LogP contribution < -0.4 is 0 Å². The van der Waals surface area contributed by atoms with Crippen LogP contribution in [0.25, 0.3) is 11.1 Å². The van der Waals surface area contributed by atoms with Crippen LogP contribution in [0, 0.1) is 13.8 Å². The highest BCUT2D eigenvalue weighted by atomic mass is 16.3. The molecule has 0 aliphatic rings. The molecule has 2 nitrogen and oxygen atoms in total. The molecule has 0 fully saturated rings. The quantitative estimate of drug-likeness (QED) is 0.765. The van der Waals surface area contributed by atoms with Gasteiger partial charge in [0.2, 0.25) is 0 Å². The van der Waals surface area contributed by atoms with E-state index in [2.05, 4.69) is 4.98 Å². The number of aromatic nitrogens is 1. The molecule has 0 unspecified atom stereocenters. The fraction of sp³-hybridized carbons (Fsp3) is 0.154. The van der Waals surface area contributed by atoms with Crippen LogP contribution in [-0.4, -0.2) is 10.1 Å². The number of hydrogen-bond donors (Lipinski definition) is 1. The van der Waals surface area contributed by atoms with Gasteiger partial charge in [-0.25, -0.2) is 0 Å². The van der Waals surface area contributed by atoms with Gasteiger partial charge >= 0.3 is 0 Å². The lowest BCUT2D eigenvalue weighted by molar-refractivity contribution is 0.477. The zero-order valence-corrected chi connectivity index (χ0v) is 8.86. The summed E-state index contributed by atoms with van der Waals surface area (Å²) in [6, 6.07) is 7.59. The van der Waals surface area contributed by atoms with Gasteiger partial charge in [-0.15, -0.1) is 0 Å². The van der Waals surface area contributed by atoms with Crippen LogP contribution >= 0.6 is 0 Å². The van der Waals surface area contributed by atoms with Crippen molar-refractivity contribution in [1.82, 2.24) is 4.98 Å². The summed E-state index contributed by atoms with van der Waals surface area (Å²) in [5, 5.41) is 9.75. The summed E-state index contributed by atoms with van der Waals surface area (Å²) in [6.45, 7) is 4.00. The molecule has 0 aliphatic carbocycles. The minimum absolute atomic E-state index is 0.299. The van der Waals surface area contributed by atoms with Gasteiger partial charge in [-0.3, -0.25) is 4.98 Å². The predicted octanol–water partition coefficient (Wildman–Crippen LogP) is 3.07. The smallest absolute Gasteiger partial charge is 0.123 e. The maximum atomic E-state index is 9.75. The molecule has 1 N–H and O–H groups in total. The fourth-order valence-corrected chi connectivity index (χ4v) is 1.58. The van der Waals surface area contributed by atoms with E-state index >= 15 is 0 Å². The Morgan fingerprint density at radius 2 is 1.80 bits per heavy atom. The second kappa shape index (κ2) is 3.73. The summed E-state index contributed by atoms with van der Waals surface area (Å²) in [5.74, 6) is 0.299. The summed E-state index contributed by atoms with van der Waals surface area (Å²) in [6.07, 6.45) is 3.57. The molecule has 0 saturated carbocycles. The third-order valence-corrected chi connectivity index (χ3v) is 2.34. The largest absolute Gasteiger partial charge is 0.507 e. The lowest BCUT2D eigenvalue weighted by Gasteiger charge is -2.06. The van der Waals surface area contributed by atoms with E-state index in [1.54, 1.807) is 18.5 Å². The Morgan fingerprint density at radius 1 is 1.00 bits per heavy atom. The molecule has 2 heteroatoms. The van der Waals surface area contributed by atoms with Crippen LogP contribution in [0.3, 0.4) is 0 Å². The third kappa shape index (κ3) is 1.99. The normalized spacial score (nSPS) is 10.3. The van der Waals surface area contributed by atoms with Gasteiger partial charge in [0, 0.05) is 23.5 Å². The van der Waals surface area contributed by atoms with Crippen molar-refractivity contribution in [2.24, 2.45) is 0 Å². The molecule has 1 aromatic carbocycles. The average Bonchev–Trinajstić information content (AvgIpc) is 2.22. The number of rotatable bonds is 1. The number of hydrogen-bond acceptors (Lipinski definition) is 2. The predicted molar refractivity (Wildman–Crippen MR) is 60.8 cm³/mol. The zero-order valence-electron chi connectivity index (χ0n) is 8.86. The SMILES string of the molecule is Cc1cncc(-c2cc(C)ccc2O)c1. The number of benzene rings is 1. The Morgan fingerprint density at radius 3 is 2.53 bits per heavy atom. The van der Waals surface area contributed by atoms with Gasteiger partial charge in [0.05, 0.1) is 0 Å². The fourth-order valence-electron chi connectivity index (χ4n) is 1.58. The van der Waals surface area contributed by atoms with Crippen molar-refractivity contribution in [3.05, 3.63) is 47.8 Å². The number of phenolic OH excluding ortho intramolecular Hbond substituents is 1. The lowest BCUT2D eigenvalue weighted by Crippen LogP contribution is -1.84. The summed E-state index contributed by atoms with van der Waals surface area (Å²) < 4.78 is 0. The maximum Gasteiger partial charge on any atom is 0.123 e. The monoisotopic (exact) mass is 199 g/mol. The molecular formula is C13H13NO. The van der Waals surface area contributed by atoms with Crippen molar-refractivity contribution < 1.29 is 5.11 Å². The molecule has 0 bridgehead atoms. The Bertz CT molecular complexity index is 492. The van der Waals surface area contributed by atoms with Gasteiger partial charge in [-0.1, -0.05) is 11.6 Å². The summed E-state index contributed by atoms with van der Waals surface area (Å²) >= 11 is 0. The van der Waals surface area contributed by atoms with Crippen molar-refractivity contribution in [3.63, 3.8) is 0 Å². The standard InChI is InChI=1S/C13H13NO/c1-9-3-4-13(15)12(6-9)11-5-10(2)7-14-8-11/h3-8,15H,1-2H3. The molecule has 0 atom stereocenters. The van der Waals surface area contributed by atoms with Crippen LogP contribution in [0.15, 0.2) is 36.7 Å². The first kappa shape index (κ1) is 9.71. The molecule has 0 radical (unpaired) electrons. The third-order valence-electron chi connectivity index (χ3n) is 2.34. The van der Waals surface area contributed by atoms with Crippen molar-refractivity contribution in [3.8, 4) is 16.9 Å². The molecule has 15 heavy (non-hydrogen) atoms. The second-order valence-electron chi connectivity index (χ2n) is 3.77. The molecule has 2 rings (SSSR count). The van der Waals surface area contributed by atoms with E-state index in [1.807, 2.05) is 32.0 Å². The lowest BCUT2D eigenvalue weighted by atomic mass is 10.0. The number of nitrogens with zero attached hydrogens (tertiary/aromatic N) is 1. The van der Waals surface area contributed by atoms with Gasteiger partial charge < -0.3 is 5.11 Å². The molecule has 1 aromatic heterocycles. The van der Waals surface area contributed by atoms with E-state index in [-0.39, 0.29) is 0 Å². The molecule has 0 amide bonds. The van der Waals surface area contributed by atoms with Crippen LogP contribution in [0.2, 0.25) is 0 Å². The van der Waals surface area contributed by atoms with E-state index in [4.69, 9.17) is 0 Å². The highest BCUT2D eigenvalue weighted by Gasteiger charge is 2.04. The van der Waals surface area contributed by atoms with E-state index in [0.29, 0.717) is 5.75 Å². The minimum Gasteiger partial charge on any atom is -0.507 e. The first-order valence-corrected chi connectivity index (χ1v) is 4.88.